The van der Waals surface area contributed by atoms with Crippen molar-refractivity contribution in [2.45, 2.75) is 118 Å². The van der Waals surface area contributed by atoms with Gasteiger partial charge in [0, 0.05) is 56.3 Å². The normalized spacial score (nSPS) is 18.9. The fourth-order valence-electron chi connectivity index (χ4n) is 12.6. The highest BCUT2D eigenvalue weighted by Gasteiger charge is 2.50. The Morgan fingerprint density at radius 2 is 1.58 bits per heavy atom. The molecule has 362 valence electrons. The van der Waals surface area contributed by atoms with Crippen molar-refractivity contribution in [3.63, 3.8) is 0 Å². The second-order valence-corrected chi connectivity index (χ2v) is 29.9. The molecule has 0 bridgehead atoms. The molecule has 0 fully saturated rings. The lowest BCUT2D eigenvalue weighted by molar-refractivity contribution is -0.714. The molecule has 0 amide bonds. The number of aryl methyl sites for hydroxylation is 1. The molecule has 0 radical (unpaired) electrons. The summed E-state index contributed by atoms with van der Waals surface area (Å²) in [6.07, 6.45) is 12.7. The molecule has 1 aliphatic heterocycles. The maximum absolute atomic E-state index is 7.05. The van der Waals surface area contributed by atoms with E-state index in [1.165, 1.54) is 87.5 Å². The molecule has 3 atom stereocenters. The summed E-state index contributed by atoms with van der Waals surface area (Å²) in [6, 6.07) is 45.3. The van der Waals surface area contributed by atoms with E-state index >= 15 is 0 Å². The number of nitrogens with zero attached hydrogens (tertiary/aromatic N) is 2. The summed E-state index contributed by atoms with van der Waals surface area (Å²) in [5, 5.41) is 9.43. The largest absolute Gasteiger partial charge is 0.455 e. The fraction of sp³-hybridized carbons (Fsp3) is 0.338. The van der Waals surface area contributed by atoms with Crippen molar-refractivity contribution in [2.24, 2.45) is 11.3 Å². The predicted molar refractivity (Wildman–Crippen MR) is 307 cm³/mol. The Kier molecular flexibility index (Phi) is 12.0. The molecule has 4 nitrogen and oxygen atoms in total. The van der Waals surface area contributed by atoms with Gasteiger partial charge in [0.15, 0.2) is 12.2 Å². The summed E-state index contributed by atoms with van der Waals surface area (Å²) < 4.78 is 11.2. The zero-order valence-corrected chi connectivity index (χ0v) is 45.8. The molecular formula is C65H72N3OSSi+. The topological polar surface area (TPSA) is 32.3 Å². The van der Waals surface area contributed by atoms with Gasteiger partial charge in [-0.15, -0.1) is 11.3 Å². The number of hydrogen-bond acceptors (Lipinski definition) is 4. The minimum atomic E-state index is -1.77. The zero-order chi connectivity index (χ0) is 49.6. The number of hydrogen-bond donors (Lipinski definition) is 1. The first-order chi connectivity index (χ1) is 34.0. The number of benzene rings is 5. The lowest BCUT2D eigenvalue weighted by atomic mass is 9.79. The molecule has 5 aromatic carbocycles. The number of aromatic nitrogens is 1. The molecule has 0 saturated heterocycles. The molecule has 3 aliphatic rings. The number of allylic oxidation sites excluding steroid dienone is 4. The highest BCUT2D eigenvalue weighted by molar-refractivity contribution is 7.19. The van der Waals surface area contributed by atoms with E-state index in [1.54, 1.807) is 10.8 Å². The molecule has 4 heterocycles. The SMILES string of the molecule is CC1=CC(c2ccccc2)=C[C@@]1(C)CNc1ccccc1N(C)C1=C(CCCc2sc3ccccc3c2C(C)(C)C)C2c3ccc4c(oc5ccccc54)c3-c3cc(CC(C)C)c([Si](C)(C)C)c[n+]3C2C1. The first-order valence-corrected chi connectivity index (χ1v) is 30.6. The zero-order valence-electron chi connectivity index (χ0n) is 44.0. The van der Waals surface area contributed by atoms with E-state index in [9.17, 15) is 0 Å². The summed E-state index contributed by atoms with van der Waals surface area (Å²) in [5.41, 5.74) is 18.3. The first-order valence-electron chi connectivity index (χ1n) is 26.3. The van der Waals surface area contributed by atoms with E-state index in [0.717, 1.165) is 49.8 Å². The summed E-state index contributed by atoms with van der Waals surface area (Å²) in [6.45, 7) is 25.0. The minimum Gasteiger partial charge on any atom is -0.455 e. The number of thiophene rings is 1. The van der Waals surface area contributed by atoms with Crippen LogP contribution in [0, 0.1) is 11.3 Å². The number of para-hydroxylation sites is 3. The molecule has 6 heteroatoms. The number of furan rings is 1. The van der Waals surface area contributed by atoms with Gasteiger partial charge in [-0.2, -0.15) is 4.57 Å². The Bertz CT molecular complexity index is 3460. The standard InChI is InChI=1S/C65H72N3OSSi/c1-41(2)34-44-36-54-61-50(33-32-47-46-24-15-19-29-56(46)69-63(47)61)60-48(26-21-31-58-62(64(4,5)6)49-25-16-20-30-57(49)70-58)53(37-55(60)68(54)39-59(44)71(9,10)11)67(8)52-28-18-17-27-51(52)66-40-65(7)38-45(35-42(65)3)43-22-13-12-14-23-43/h12-20,22-25,27-30,32-33,35-36,38-39,41,55,60,66H,21,26,31,34,37,40H2,1-11H3/q+1/t55?,60?,65-/m0/s1. The highest BCUT2D eigenvalue weighted by atomic mass is 32.1. The van der Waals surface area contributed by atoms with Crippen LogP contribution in [-0.4, -0.2) is 21.7 Å². The second-order valence-electron chi connectivity index (χ2n) is 23.7. The molecular weight excluding hydrogens is 899 g/mol. The van der Waals surface area contributed by atoms with Crippen LogP contribution in [0.25, 0.3) is 48.9 Å². The monoisotopic (exact) mass is 971 g/mol. The number of fused-ring (bicyclic) bond motifs is 11. The van der Waals surface area contributed by atoms with Crippen molar-refractivity contribution in [1.82, 2.24) is 0 Å². The van der Waals surface area contributed by atoms with Crippen molar-refractivity contribution in [2.75, 3.05) is 23.8 Å². The molecule has 0 saturated carbocycles. The Labute approximate surface area is 427 Å². The predicted octanol–water partition coefficient (Wildman–Crippen LogP) is 16.7. The maximum Gasteiger partial charge on any atom is 0.217 e. The Morgan fingerprint density at radius 3 is 2.34 bits per heavy atom. The molecule has 3 aromatic heterocycles. The fourth-order valence-corrected chi connectivity index (χ4v) is 15.7. The van der Waals surface area contributed by atoms with Crippen LogP contribution in [0.4, 0.5) is 11.4 Å². The third-order valence-electron chi connectivity index (χ3n) is 16.1. The van der Waals surface area contributed by atoms with Gasteiger partial charge in [0.2, 0.25) is 5.69 Å². The third-order valence-corrected chi connectivity index (χ3v) is 19.4. The third kappa shape index (κ3) is 8.43. The highest BCUT2D eigenvalue weighted by Crippen LogP contribution is 2.55. The van der Waals surface area contributed by atoms with Crippen LogP contribution in [0.5, 0.6) is 0 Å². The van der Waals surface area contributed by atoms with Crippen LogP contribution in [-0.2, 0) is 18.3 Å². The van der Waals surface area contributed by atoms with Gasteiger partial charge in [-0.05, 0) is 107 Å². The van der Waals surface area contributed by atoms with Crippen molar-refractivity contribution >= 4 is 73.6 Å². The van der Waals surface area contributed by atoms with E-state index in [1.807, 2.05) is 11.3 Å². The van der Waals surface area contributed by atoms with Gasteiger partial charge in [0.25, 0.3) is 0 Å². The van der Waals surface area contributed by atoms with Crippen LogP contribution in [0.1, 0.15) is 107 Å². The van der Waals surface area contributed by atoms with Gasteiger partial charge in [0.1, 0.15) is 11.2 Å². The van der Waals surface area contributed by atoms with Crippen molar-refractivity contribution < 1.29 is 8.98 Å². The molecule has 2 unspecified atom stereocenters. The van der Waals surface area contributed by atoms with Gasteiger partial charge in [-0.25, -0.2) is 0 Å². The van der Waals surface area contributed by atoms with Gasteiger partial charge in [-0.1, -0.05) is 170 Å². The molecule has 1 N–H and O–H groups in total. The number of nitrogens with one attached hydrogen (secondary N) is 1. The first kappa shape index (κ1) is 47.4. The number of pyridine rings is 1. The smallest absolute Gasteiger partial charge is 0.217 e. The molecule has 71 heavy (non-hydrogen) atoms. The number of rotatable bonds is 13. The average molecular weight is 971 g/mol. The van der Waals surface area contributed by atoms with Crippen molar-refractivity contribution in [3.8, 4) is 11.3 Å². The lowest BCUT2D eigenvalue weighted by Gasteiger charge is -2.30. The Morgan fingerprint density at radius 1 is 0.859 bits per heavy atom. The van der Waals surface area contributed by atoms with E-state index < -0.39 is 8.07 Å². The van der Waals surface area contributed by atoms with Crippen LogP contribution in [0.3, 0.4) is 0 Å². The van der Waals surface area contributed by atoms with Crippen molar-refractivity contribution in [3.05, 3.63) is 184 Å². The van der Waals surface area contributed by atoms with E-state index in [-0.39, 0.29) is 22.8 Å². The quantitative estimate of drug-likeness (QED) is 0.0923. The molecule has 8 aromatic rings. The second kappa shape index (κ2) is 18.0. The average Bonchev–Trinajstić information content (AvgIpc) is 4.10. The summed E-state index contributed by atoms with van der Waals surface area (Å²) in [7, 11) is 0.580. The van der Waals surface area contributed by atoms with Gasteiger partial charge in [-0.3, -0.25) is 0 Å². The van der Waals surface area contributed by atoms with Crippen molar-refractivity contribution in [1.29, 1.82) is 0 Å². The van der Waals surface area contributed by atoms with E-state index in [2.05, 4.69) is 230 Å². The summed E-state index contributed by atoms with van der Waals surface area (Å²) in [5.74, 6) is 0.747. The Hall–Kier alpha value is -5.95. The minimum absolute atomic E-state index is 0.0562. The van der Waals surface area contributed by atoms with E-state index in [0.29, 0.717) is 5.92 Å². The lowest BCUT2D eigenvalue weighted by Crippen LogP contribution is -2.53. The van der Waals surface area contributed by atoms with Gasteiger partial charge >= 0.3 is 0 Å². The molecule has 0 spiro atoms. The van der Waals surface area contributed by atoms with Crippen LogP contribution in [0.15, 0.2) is 161 Å². The Balaban J connectivity index is 1.05. The van der Waals surface area contributed by atoms with Crippen LogP contribution < -0.4 is 20.0 Å². The summed E-state index contributed by atoms with van der Waals surface area (Å²) in [4.78, 5) is 4.12. The molecule has 11 rings (SSSR count). The van der Waals surface area contributed by atoms with Gasteiger partial charge < -0.3 is 14.6 Å². The van der Waals surface area contributed by atoms with Crippen LogP contribution in [0.2, 0.25) is 19.6 Å². The van der Waals surface area contributed by atoms with Gasteiger partial charge in [0.05, 0.1) is 37.4 Å². The van der Waals surface area contributed by atoms with Crippen LogP contribution >= 0.6 is 11.3 Å². The maximum atomic E-state index is 7.05. The number of anilines is 2. The molecule has 2 aliphatic carbocycles. The van der Waals surface area contributed by atoms with E-state index in [4.69, 9.17) is 4.42 Å². The summed E-state index contributed by atoms with van der Waals surface area (Å²) >= 11 is 2.01.